The number of aliphatic hydroxyl groups is 1. The Labute approximate surface area is 76.0 Å². The minimum Gasteiger partial charge on any atom is -0.464 e. The Morgan fingerprint density at radius 2 is 2.54 bits per heavy atom. The largest absolute Gasteiger partial charge is 0.464 e. The molecule has 0 saturated carbocycles. The molecule has 0 saturated heterocycles. The molecule has 72 valence electrons. The first kappa shape index (κ1) is 9.73. The van der Waals surface area contributed by atoms with E-state index in [1.54, 1.807) is 17.1 Å². The Balaban J connectivity index is 2.40. The number of rotatable bonds is 4. The van der Waals surface area contributed by atoms with Crippen molar-refractivity contribution in [2.75, 3.05) is 6.61 Å². The van der Waals surface area contributed by atoms with Crippen LogP contribution in [0.3, 0.4) is 0 Å². The summed E-state index contributed by atoms with van der Waals surface area (Å²) in [5, 5.41) is 8.85. The Morgan fingerprint density at radius 1 is 1.77 bits per heavy atom. The molecule has 1 aromatic heterocycles. The molecule has 0 spiro atoms. The molecular formula is C8H12N2O3. The van der Waals surface area contributed by atoms with Crippen molar-refractivity contribution in [2.45, 2.75) is 20.1 Å². The Bertz CT molecular complexity index is 283. The van der Waals surface area contributed by atoms with Crippen LogP contribution in [0, 0.1) is 0 Å². The lowest BCUT2D eigenvalue weighted by Crippen LogP contribution is -2.10. The number of carbonyl (C=O) groups is 1. The van der Waals surface area contributed by atoms with E-state index in [9.17, 15) is 4.79 Å². The zero-order chi connectivity index (χ0) is 9.68. The topological polar surface area (TPSA) is 64.4 Å². The number of ether oxygens (including phenoxy) is 1. The zero-order valence-corrected chi connectivity index (χ0v) is 7.43. The van der Waals surface area contributed by atoms with Crippen molar-refractivity contribution in [3.8, 4) is 0 Å². The fourth-order valence-electron chi connectivity index (χ4n) is 0.969. The predicted molar refractivity (Wildman–Crippen MR) is 44.8 cm³/mol. The highest BCUT2D eigenvalue weighted by Crippen LogP contribution is 1.98. The van der Waals surface area contributed by atoms with E-state index >= 15 is 0 Å². The van der Waals surface area contributed by atoms with Crippen LogP contribution < -0.4 is 0 Å². The van der Waals surface area contributed by atoms with Gasteiger partial charge in [-0.2, -0.15) is 0 Å². The second-order valence-corrected chi connectivity index (χ2v) is 2.58. The second kappa shape index (κ2) is 4.61. The average Bonchev–Trinajstić information content (AvgIpc) is 2.51. The molecule has 1 N–H and O–H groups in total. The quantitative estimate of drug-likeness (QED) is 0.666. The monoisotopic (exact) mass is 184 g/mol. The van der Waals surface area contributed by atoms with Crippen LogP contribution in [0.25, 0.3) is 0 Å². The van der Waals surface area contributed by atoms with Gasteiger partial charge in [0.25, 0.3) is 0 Å². The number of hydrogen-bond acceptors (Lipinski definition) is 4. The SMILES string of the molecule is CC(=O)OCCn1cncc1CO. The molecule has 0 aliphatic heterocycles. The van der Waals surface area contributed by atoms with Gasteiger partial charge in [-0.15, -0.1) is 0 Å². The summed E-state index contributed by atoms with van der Waals surface area (Å²) in [5.41, 5.74) is 0.715. The Kier molecular flexibility index (Phi) is 3.45. The van der Waals surface area contributed by atoms with Crippen LogP contribution in [0.1, 0.15) is 12.6 Å². The van der Waals surface area contributed by atoms with Crippen LogP contribution in [0.2, 0.25) is 0 Å². The molecule has 1 aromatic rings. The molecule has 1 rings (SSSR count). The third-order valence-electron chi connectivity index (χ3n) is 1.60. The van der Waals surface area contributed by atoms with E-state index in [0.717, 1.165) is 0 Å². The normalized spacial score (nSPS) is 10.0. The summed E-state index contributed by atoms with van der Waals surface area (Å²) in [6.45, 7) is 2.13. The van der Waals surface area contributed by atoms with Crippen molar-refractivity contribution in [1.82, 2.24) is 9.55 Å². The minimum atomic E-state index is -0.300. The van der Waals surface area contributed by atoms with Crippen LogP contribution in [0.4, 0.5) is 0 Å². The third-order valence-corrected chi connectivity index (χ3v) is 1.60. The molecule has 13 heavy (non-hydrogen) atoms. The molecule has 0 unspecified atom stereocenters. The lowest BCUT2D eigenvalue weighted by Gasteiger charge is -2.05. The summed E-state index contributed by atoms with van der Waals surface area (Å²) >= 11 is 0. The van der Waals surface area contributed by atoms with Crippen molar-refractivity contribution >= 4 is 5.97 Å². The number of esters is 1. The Hall–Kier alpha value is -1.36. The maximum atomic E-state index is 10.4. The Morgan fingerprint density at radius 3 is 3.15 bits per heavy atom. The highest BCUT2D eigenvalue weighted by Gasteiger charge is 2.00. The van der Waals surface area contributed by atoms with Gasteiger partial charge in [-0.1, -0.05) is 0 Å². The summed E-state index contributed by atoms with van der Waals surface area (Å²) in [6.07, 6.45) is 3.17. The lowest BCUT2D eigenvalue weighted by molar-refractivity contribution is -0.141. The predicted octanol–water partition coefficient (Wildman–Crippen LogP) is -0.0615. The van der Waals surface area contributed by atoms with Crippen molar-refractivity contribution in [2.24, 2.45) is 0 Å². The molecule has 0 aromatic carbocycles. The van der Waals surface area contributed by atoms with Gasteiger partial charge < -0.3 is 14.4 Å². The molecular weight excluding hydrogens is 172 g/mol. The van der Waals surface area contributed by atoms with Gasteiger partial charge in [-0.3, -0.25) is 4.79 Å². The summed E-state index contributed by atoms with van der Waals surface area (Å²) < 4.78 is 6.48. The van der Waals surface area contributed by atoms with Crippen LogP contribution in [-0.4, -0.2) is 27.2 Å². The molecule has 5 nitrogen and oxygen atoms in total. The summed E-state index contributed by atoms with van der Waals surface area (Å²) in [6, 6.07) is 0. The number of nitrogens with zero attached hydrogens (tertiary/aromatic N) is 2. The molecule has 5 heteroatoms. The highest BCUT2D eigenvalue weighted by atomic mass is 16.5. The van der Waals surface area contributed by atoms with Crippen LogP contribution in [-0.2, 0) is 22.7 Å². The molecule has 0 atom stereocenters. The summed E-state index contributed by atoms with van der Waals surface area (Å²) in [5.74, 6) is -0.300. The molecule has 0 radical (unpaired) electrons. The second-order valence-electron chi connectivity index (χ2n) is 2.58. The molecule has 0 fully saturated rings. The molecule has 0 aliphatic rings. The van der Waals surface area contributed by atoms with Crippen molar-refractivity contribution < 1.29 is 14.6 Å². The van der Waals surface area contributed by atoms with E-state index in [2.05, 4.69) is 4.98 Å². The number of carbonyl (C=O) groups excluding carboxylic acids is 1. The first-order valence-corrected chi connectivity index (χ1v) is 3.97. The van der Waals surface area contributed by atoms with Crippen molar-refractivity contribution in [3.05, 3.63) is 18.2 Å². The molecule has 0 aliphatic carbocycles. The van der Waals surface area contributed by atoms with E-state index in [0.29, 0.717) is 18.8 Å². The maximum absolute atomic E-state index is 10.4. The first-order chi connectivity index (χ1) is 6.24. The summed E-state index contributed by atoms with van der Waals surface area (Å²) in [4.78, 5) is 14.3. The van der Waals surface area contributed by atoms with Gasteiger partial charge in [0.15, 0.2) is 0 Å². The van der Waals surface area contributed by atoms with E-state index in [-0.39, 0.29) is 12.6 Å². The number of aliphatic hydroxyl groups excluding tert-OH is 1. The highest BCUT2D eigenvalue weighted by molar-refractivity contribution is 5.65. The zero-order valence-electron chi connectivity index (χ0n) is 7.43. The van der Waals surface area contributed by atoms with E-state index < -0.39 is 0 Å². The van der Waals surface area contributed by atoms with E-state index in [1.807, 2.05) is 0 Å². The van der Waals surface area contributed by atoms with Gasteiger partial charge >= 0.3 is 5.97 Å². The molecule has 0 bridgehead atoms. The van der Waals surface area contributed by atoms with Gasteiger partial charge in [-0.05, 0) is 0 Å². The van der Waals surface area contributed by atoms with Crippen molar-refractivity contribution in [3.63, 3.8) is 0 Å². The molecule has 1 heterocycles. The smallest absolute Gasteiger partial charge is 0.302 e. The average molecular weight is 184 g/mol. The van der Waals surface area contributed by atoms with Gasteiger partial charge in [0.1, 0.15) is 6.61 Å². The van der Waals surface area contributed by atoms with Crippen LogP contribution in [0.15, 0.2) is 12.5 Å². The molecule has 0 amide bonds. The van der Waals surface area contributed by atoms with Gasteiger partial charge in [0, 0.05) is 6.92 Å². The van der Waals surface area contributed by atoms with E-state index in [4.69, 9.17) is 9.84 Å². The van der Waals surface area contributed by atoms with E-state index in [1.165, 1.54) is 6.92 Å². The van der Waals surface area contributed by atoms with Crippen LogP contribution in [0.5, 0.6) is 0 Å². The first-order valence-electron chi connectivity index (χ1n) is 3.97. The van der Waals surface area contributed by atoms with Crippen molar-refractivity contribution in [1.29, 1.82) is 0 Å². The van der Waals surface area contributed by atoms with Gasteiger partial charge in [0.05, 0.1) is 31.4 Å². The fourth-order valence-corrected chi connectivity index (χ4v) is 0.969. The standard InChI is InChI=1S/C8H12N2O3/c1-7(12)13-3-2-10-6-9-4-8(10)5-11/h4,6,11H,2-3,5H2,1H3. The summed E-state index contributed by atoms with van der Waals surface area (Å²) in [7, 11) is 0. The number of hydrogen-bond donors (Lipinski definition) is 1. The minimum absolute atomic E-state index is 0.0555. The lowest BCUT2D eigenvalue weighted by atomic mass is 10.5. The number of aromatic nitrogens is 2. The van der Waals surface area contributed by atoms with Crippen LogP contribution >= 0.6 is 0 Å². The van der Waals surface area contributed by atoms with Gasteiger partial charge in [0.2, 0.25) is 0 Å². The fraction of sp³-hybridized carbons (Fsp3) is 0.500. The maximum Gasteiger partial charge on any atom is 0.302 e. The third kappa shape index (κ3) is 2.87. The van der Waals surface area contributed by atoms with Gasteiger partial charge in [-0.25, -0.2) is 4.98 Å². The number of imidazole rings is 1.